The molecule has 0 radical (unpaired) electrons. The lowest BCUT2D eigenvalue weighted by molar-refractivity contribution is -0.138. The Bertz CT molecular complexity index is 531. The second kappa shape index (κ2) is 6.69. The standard InChI is InChI=1S/C11H12ClN3O4/c1-13-15-6-4-7(12)11(19)8(5-6)14-9(16)2-3-10(17)18/h4-5,19H,2-3H2,1H3,(H,14,16)(H,17,18)/b15-13+. The molecule has 1 aromatic rings. The van der Waals surface area contributed by atoms with Crippen molar-refractivity contribution in [3.63, 3.8) is 0 Å². The number of nitrogens with one attached hydrogen (secondary N) is 1. The van der Waals surface area contributed by atoms with Gasteiger partial charge in [-0.05, 0) is 12.1 Å². The number of hydrogen-bond acceptors (Lipinski definition) is 5. The van der Waals surface area contributed by atoms with Crippen LogP contribution < -0.4 is 5.32 Å². The number of anilines is 1. The van der Waals surface area contributed by atoms with Crippen LogP contribution in [0, 0.1) is 0 Å². The van der Waals surface area contributed by atoms with Crippen molar-refractivity contribution in [2.45, 2.75) is 12.8 Å². The number of hydrogen-bond donors (Lipinski definition) is 3. The number of benzene rings is 1. The highest BCUT2D eigenvalue weighted by atomic mass is 35.5. The van der Waals surface area contributed by atoms with E-state index in [1.807, 2.05) is 0 Å². The van der Waals surface area contributed by atoms with E-state index in [0.29, 0.717) is 5.69 Å². The van der Waals surface area contributed by atoms with Crippen LogP contribution in [-0.2, 0) is 9.59 Å². The highest BCUT2D eigenvalue weighted by Gasteiger charge is 2.12. The van der Waals surface area contributed by atoms with Gasteiger partial charge in [0.15, 0.2) is 5.75 Å². The molecule has 102 valence electrons. The number of carboxylic acids is 1. The van der Waals surface area contributed by atoms with Crippen LogP contribution >= 0.6 is 11.6 Å². The van der Waals surface area contributed by atoms with Crippen molar-refractivity contribution < 1.29 is 19.8 Å². The van der Waals surface area contributed by atoms with E-state index in [1.54, 1.807) is 0 Å². The Labute approximate surface area is 113 Å². The van der Waals surface area contributed by atoms with E-state index in [9.17, 15) is 14.7 Å². The number of carbonyl (C=O) groups excluding carboxylic acids is 1. The average molecular weight is 286 g/mol. The van der Waals surface area contributed by atoms with Crippen LogP contribution in [0.5, 0.6) is 5.75 Å². The minimum Gasteiger partial charge on any atom is -0.504 e. The molecule has 0 saturated heterocycles. The van der Waals surface area contributed by atoms with Gasteiger partial charge in [0.2, 0.25) is 5.91 Å². The SMILES string of the molecule is C/N=N/c1cc(Cl)c(O)c(NC(=O)CCC(=O)O)c1. The zero-order valence-corrected chi connectivity index (χ0v) is 10.8. The lowest BCUT2D eigenvalue weighted by Gasteiger charge is -2.08. The highest BCUT2D eigenvalue weighted by molar-refractivity contribution is 6.32. The molecule has 0 aromatic heterocycles. The number of aliphatic carboxylic acids is 1. The molecule has 0 atom stereocenters. The highest BCUT2D eigenvalue weighted by Crippen LogP contribution is 2.36. The number of carboxylic acid groups (broad SMARTS) is 1. The maximum absolute atomic E-state index is 11.5. The second-order valence-electron chi connectivity index (χ2n) is 3.57. The molecule has 0 aliphatic heterocycles. The number of phenols is 1. The molecule has 0 bridgehead atoms. The third-order valence-corrected chi connectivity index (χ3v) is 2.39. The Morgan fingerprint density at radius 2 is 2.05 bits per heavy atom. The van der Waals surface area contributed by atoms with Gasteiger partial charge in [0.1, 0.15) is 0 Å². The van der Waals surface area contributed by atoms with Gasteiger partial charge in [-0.2, -0.15) is 10.2 Å². The third kappa shape index (κ3) is 4.55. The normalized spacial score (nSPS) is 10.6. The molecule has 1 amide bonds. The molecule has 1 aromatic carbocycles. The maximum Gasteiger partial charge on any atom is 0.303 e. The van der Waals surface area contributed by atoms with Gasteiger partial charge >= 0.3 is 5.97 Å². The smallest absolute Gasteiger partial charge is 0.303 e. The quantitative estimate of drug-likeness (QED) is 0.570. The predicted octanol–water partition coefficient (Wildman–Crippen LogP) is 2.56. The summed E-state index contributed by atoms with van der Waals surface area (Å²) in [6, 6.07) is 2.77. The predicted molar refractivity (Wildman–Crippen MR) is 69.1 cm³/mol. The summed E-state index contributed by atoms with van der Waals surface area (Å²) in [4.78, 5) is 21.8. The summed E-state index contributed by atoms with van der Waals surface area (Å²) in [7, 11) is 1.46. The Morgan fingerprint density at radius 3 is 2.63 bits per heavy atom. The Kier molecular flexibility index (Phi) is 5.25. The summed E-state index contributed by atoms with van der Waals surface area (Å²) in [5, 5.41) is 27.8. The summed E-state index contributed by atoms with van der Waals surface area (Å²) < 4.78 is 0. The first-order chi connectivity index (χ1) is 8.93. The van der Waals surface area contributed by atoms with E-state index in [2.05, 4.69) is 15.5 Å². The zero-order chi connectivity index (χ0) is 14.4. The summed E-state index contributed by atoms with van der Waals surface area (Å²) in [6.07, 6.45) is -0.499. The second-order valence-corrected chi connectivity index (χ2v) is 3.97. The van der Waals surface area contributed by atoms with Gasteiger partial charge in [-0.15, -0.1) is 0 Å². The van der Waals surface area contributed by atoms with Crippen LogP contribution in [0.2, 0.25) is 5.02 Å². The molecule has 0 unspecified atom stereocenters. The average Bonchev–Trinajstić information content (AvgIpc) is 2.33. The molecular weight excluding hydrogens is 274 g/mol. The first-order valence-electron chi connectivity index (χ1n) is 5.28. The fourth-order valence-electron chi connectivity index (χ4n) is 1.29. The maximum atomic E-state index is 11.5. The fourth-order valence-corrected chi connectivity index (χ4v) is 1.50. The molecular formula is C11H12ClN3O4. The molecule has 0 aliphatic rings. The van der Waals surface area contributed by atoms with Crippen molar-refractivity contribution in [1.29, 1.82) is 0 Å². The van der Waals surface area contributed by atoms with Crippen LogP contribution in [0.4, 0.5) is 11.4 Å². The minimum atomic E-state index is -1.08. The fraction of sp³-hybridized carbons (Fsp3) is 0.273. The monoisotopic (exact) mass is 285 g/mol. The molecule has 0 spiro atoms. The van der Waals surface area contributed by atoms with Gasteiger partial charge in [0, 0.05) is 13.5 Å². The Morgan fingerprint density at radius 1 is 1.37 bits per heavy atom. The van der Waals surface area contributed by atoms with Gasteiger partial charge < -0.3 is 15.5 Å². The summed E-state index contributed by atoms with van der Waals surface area (Å²) >= 11 is 5.77. The number of azo groups is 1. The molecule has 1 rings (SSSR count). The van der Waals surface area contributed by atoms with E-state index >= 15 is 0 Å². The lowest BCUT2D eigenvalue weighted by Crippen LogP contribution is -2.13. The van der Waals surface area contributed by atoms with Crippen molar-refractivity contribution in [3.8, 4) is 5.75 Å². The summed E-state index contributed by atoms with van der Waals surface area (Å²) in [6.45, 7) is 0. The lowest BCUT2D eigenvalue weighted by atomic mass is 10.2. The number of nitrogens with zero attached hydrogens (tertiary/aromatic N) is 2. The number of halogens is 1. The molecule has 3 N–H and O–H groups in total. The van der Waals surface area contributed by atoms with E-state index in [0.717, 1.165) is 0 Å². The Balaban J connectivity index is 2.87. The zero-order valence-electron chi connectivity index (χ0n) is 10.1. The van der Waals surface area contributed by atoms with Gasteiger partial charge in [-0.3, -0.25) is 9.59 Å². The molecule has 8 heteroatoms. The van der Waals surface area contributed by atoms with Gasteiger partial charge in [-0.25, -0.2) is 0 Å². The van der Waals surface area contributed by atoms with Gasteiger partial charge in [0.05, 0.1) is 22.8 Å². The van der Waals surface area contributed by atoms with E-state index in [4.69, 9.17) is 16.7 Å². The van der Waals surface area contributed by atoms with Crippen molar-refractivity contribution in [3.05, 3.63) is 17.2 Å². The molecule has 19 heavy (non-hydrogen) atoms. The van der Waals surface area contributed by atoms with Gasteiger partial charge in [-0.1, -0.05) is 11.6 Å². The molecule has 0 heterocycles. The number of phenolic OH excluding ortho intramolecular Hbond substituents is 1. The summed E-state index contributed by atoms with van der Waals surface area (Å²) in [5.74, 6) is -1.93. The van der Waals surface area contributed by atoms with E-state index in [1.165, 1.54) is 19.2 Å². The minimum absolute atomic E-state index is 0.0124. The molecule has 0 saturated carbocycles. The van der Waals surface area contributed by atoms with E-state index < -0.39 is 11.9 Å². The molecule has 0 aliphatic carbocycles. The van der Waals surface area contributed by atoms with Crippen LogP contribution in [0.3, 0.4) is 0 Å². The topological polar surface area (TPSA) is 111 Å². The van der Waals surface area contributed by atoms with Crippen LogP contribution in [0.1, 0.15) is 12.8 Å². The van der Waals surface area contributed by atoms with Crippen molar-refractivity contribution >= 4 is 34.9 Å². The number of rotatable bonds is 5. The summed E-state index contributed by atoms with van der Waals surface area (Å²) in [5.41, 5.74) is 0.420. The number of carbonyl (C=O) groups is 2. The van der Waals surface area contributed by atoms with Crippen LogP contribution in [-0.4, -0.2) is 29.1 Å². The Hall–Kier alpha value is -2.15. The largest absolute Gasteiger partial charge is 0.504 e. The number of amides is 1. The van der Waals surface area contributed by atoms with E-state index in [-0.39, 0.29) is 29.3 Å². The van der Waals surface area contributed by atoms with Crippen molar-refractivity contribution in [1.82, 2.24) is 0 Å². The van der Waals surface area contributed by atoms with Crippen molar-refractivity contribution in [2.24, 2.45) is 10.2 Å². The van der Waals surface area contributed by atoms with Crippen LogP contribution in [0.25, 0.3) is 0 Å². The number of aromatic hydroxyl groups is 1. The van der Waals surface area contributed by atoms with Crippen LogP contribution in [0.15, 0.2) is 22.4 Å². The van der Waals surface area contributed by atoms with Crippen molar-refractivity contribution in [2.75, 3.05) is 12.4 Å². The molecule has 7 nitrogen and oxygen atoms in total. The third-order valence-electron chi connectivity index (χ3n) is 2.10. The first-order valence-corrected chi connectivity index (χ1v) is 5.66. The molecule has 0 fully saturated rings. The first kappa shape index (κ1) is 14.9. The van der Waals surface area contributed by atoms with Gasteiger partial charge in [0.25, 0.3) is 0 Å².